The monoisotopic (exact) mass is 460 g/mol. The molecule has 3 aliphatic rings. The summed E-state index contributed by atoms with van der Waals surface area (Å²) in [6.07, 6.45) is 3.67. The highest BCUT2D eigenvalue weighted by Crippen LogP contribution is 2.29. The van der Waals surface area contributed by atoms with Crippen LogP contribution in [0.2, 0.25) is 5.02 Å². The fourth-order valence-electron chi connectivity index (χ4n) is 4.46. The zero-order valence-electron chi connectivity index (χ0n) is 18.4. The lowest BCUT2D eigenvalue weighted by Gasteiger charge is -2.37. The molecular formula is C22H29ClN6O3. The first-order valence-electron chi connectivity index (χ1n) is 10.9. The number of hydrogen-bond acceptors (Lipinski definition) is 5. The number of nitrogens with zero attached hydrogens (tertiary/aromatic N) is 4. The Morgan fingerprint density at radius 1 is 1.16 bits per heavy atom. The van der Waals surface area contributed by atoms with Crippen molar-refractivity contribution in [2.45, 2.75) is 38.3 Å². The van der Waals surface area contributed by atoms with Gasteiger partial charge in [0.05, 0.1) is 13.3 Å². The molecular weight excluding hydrogens is 432 g/mol. The van der Waals surface area contributed by atoms with Crippen molar-refractivity contribution in [3.05, 3.63) is 41.2 Å². The summed E-state index contributed by atoms with van der Waals surface area (Å²) in [5, 5.41) is 6.13. The van der Waals surface area contributed by atoms with Gasteiger partial charge in [-0.25, -0.2) is 4.79 Å². The van der Waals surface area contributed by atoms with E-state index in [1.165, 1.54) is 0 Å². The fourth-order valence-corrected chi connectivity index (χ4v) is 4.58. The summed E-state index contributed by atoms with van der Waals surface area (Å²) in [7, 11) is 1.96. The molecule has 2 saturated heterocycles. The SMILES string of the molecule is CC(CC(=O)N1CCC(N2CN3CN(C)C=C3C2=O)CC1)NC(=O)Nc1ccc(Cl)cc1. The quantitative estimate of drug-likeness (QED) is 0.702. The van der Waals surface area contributed by atoms with Gasteiger partial charge in [0.1, 0.15) is 5.70 Å². The molecule has 0 aliphatic carbocycles. The van der Waals surface area contributed by atoms with E-state index in [2.05, 4.69) is 15.5 Å². The molecule has 4 rings (SSSR count). The van der Waals surface area contributed by atoms with Crippen molar-refractivity contribution < 1.29 is 14.4 Å². The summed E-state index contributed by atoms with van der Waals surface area (Å²) in [6.45, 7) is 4.42. The molecule has 0 spiro atoms. The third-order valence-corrected chi connectivity index (χ3v) is 6.35. The molecule has 10 heteroatoms. The minimum absolute atomic E-state index is 0.0143. The van der Waals surface area contributed by atoms with Crippen LogP contribution >= 0.6 is 11.6 Å². The Kier molecular flexibility index (Phi) is 6.45. The Labute approximate surface area is 192 Å². The van der Waals surface area contributed by atoms with E-state index in [0.717, 1.165) is 25.2 Å². The van der Waals surface area contributed by atoms with Crippen molar-refractivity contribution in [3.8, 4) is 0 Å². The topological polar surface area (TPSA) is 88.2 Å². The number of hydrogen-bond donors (Lipinski definition) is 2. The molecule has 32 heavy (non-hydrogen) atoms. The van der Waals surface area contributed by atoms with Gasteiger partial charge in [-0.1, -0.05) is 11.6 Å². The summed E-state index contributed by atoms with van der Waals surface area (Å²) in [6, 6.07) is 6.32. The van der Waals surface area contributed by atoms with E-state index in [-0.39, 0.29) is 36.3 Å². The second kappa shape index (κ2) is 9.28. The standard InChI is InChI=1S/C22H29ClN6O3/c1-15(24-22(32)25-17-5-3-16(23)4-6-17)11-20(30)27-9-7-18(8-10-27)29-14-28-13-26(2)12-19(28)21(29)31/h3-6,12,15,18H,7-11,13-14H2,1-2H3,(H2,24,25,32). The van der Waals surface area contributed by atoms with Gasteiger partial charge in [0.25, 0.3) is 5.91 Å². The lowest BCUT2D eigenvalue weighted by Crippen LogP contribution is -2.49. The smallest absolute Gasteiger partial charge is 0.319 e. The molecule has 0 saturated carbocycles. The number of anilines is 1. The normalized spacial score (nSPS) is 19.7. The van der Waals surface area contributed by atoms with Crippen molar-refractivity contribution in [2.24, 2.45) is 0 Å². The highest BCUT2D eigenvalue weighted by Gasteiger charge is 2.41. The second-order valence-corrected chi connectivity index (χ2v) is 9.13. The molecule has 2 fully saturated rings. The van der Waals surface area contributed by atoms with Gasteiger partial charge in [0.2, 0.25) is 5.91 Å². The Balaban J connectivity index is 1.20. The third-order valence-electron chi connectivity index (χ3n) is 6.10. The zero-order chi connectivity index (χ0) is 22.8. The van der Waals surface area contributed by atoms with E-state index in [1.54, 1.807) is 24.3 Å². The zero-order valence-corrected chi connectivity index (χ0v) is 19.1. The van der Waals surface area contributed by atoms with Crippen LogP contribution in [0.15, 0.2) is 36.2 Å². The summed E-state index contributed by atoms with van der Waals surface area (Å²) in [5.74, 6) is 0.101. The molecule has 1 aromatic carbocycles. The molecule has 3 heterocycles. The van der Waals surface area contributed by atoms with Gasteiger partial charge in [0, 0.05) is 55.6 Å². The van der Waals surface area contributed by atoms with E-state index in [4.69, 9.17) is 11.6 Å². The van der Waals surface area contributed by atoms with Gasteiger partial charge in [0.15, 0.2) is 0 Å². The molecule has 9 nitrogen and oxygen atoms in total. The molecule has 1 aromatic rings. The van der Waals surface area contributed by atoms with Crippen molar-refractivity contribution in [1.82, 2.24) is 24.9 Å². The minimum Gasteiger partial charge on any atom is -0.361 e. The van der Waals surface area contributed by atoms with Gasteiger partial charge in [-0.2, -0.15) is 0 Å². The molecule has 0 aromatic heterocycles. The van der Waals surface area contributed by atoms with Crippen molar-refractivity contribution >= 4 is 35.1 Å². The number of piperidine rings is 1. The van der Waals surface area contributed by atoms with Crippen molar-refractivity contribution in [2.75, 3.05) is 38.8 Å². The first-order valence-corrected chi connectivity index (χ1v) is 11.3. The van der Waals surface area contributed by atoms with Crippen LogP contribution in [0.25, 0.3) is 0 Å². The van der Waals surface area contributed by atoms with E-state index in [0.29, 0.717) is 30.5 Å². The lowest BCUT2D eigenvalue weighted by molar-refractivity contribution is -0.134. The molecule has 0 radical (unpaired) electrons. The second-order valence-electron chi connectivity index (χ2n) is 8.69. The predicted molar refractivity (Wildman–Crippen MR) is 122 cm³/mol. The van der Waals surface area contributed by atoms with Crippen LogP contribution in [0, 0.1) is 0 Å². The molecule has 1 atom stereocenters. The lowest BCUT2D eigenvalue weighted by atomic mass is 10.0. The average molecular weight is 461 g/mol. The fraction of sp³-hybridized carbons (Fsp3) is 0.500. The molecule has 172 valence electrons. The maximum absolute atomic E-state index is 12.7. The van der Waals surface area contributed by atoms with E-state index in [1.807, 2.05) is 34.9 Å². The number of fused-ring (bicyclic) bond motifs is 1. The highest BCUT2D eigenvalue weighted by molar-refractivity contribution is 6.30. The summed E-state index contributed by atoms with van der Waals surface area (Å²) >= 11 is 5.85. The van der Waals surface area contributed by atoms with Crippen LogP contribution in [0.3, 0.4) is 0 Å². The Morgan fingerprint density at radius 3 is 2.50 bits per heavy atom. The third kappa shape index (κ3) is 4.93. The molecule has 1 unspecified atom stereocenters. The Morgan fingerprint density at radius 2 is 1.84 bits per heavy atom. The minimum atomic E-state index is -0.362. The predicted octanol–water partition coefficient (Wildman–Crippen LogP) is 2.08. The molecule has 4 amide bonds. The van der Waals surface area contributed by atoms with E-state index < -0.39 is 0 Å². The van der Waals surface area contributed by atoms with Crippen LogP contribution in [0.1, 0.15) is 26.2 Å². The first kappa shape index (κ1) is 22.3. The molecule has 3 aliphatic heterocycles. The van der Waals surface area contributed by atoms with Crippen LogP contribution in [0.5, 0.6) is 0 Å². The van der Waals surface area contributed by atoms with E-state index >= 15 is 0 Å². The van der Waals surface area contributed by atoms with Gasteiger partial charge in [-0.3, -0.25) is 9.59 Å². The number of likely N-dealkylation sites (tertiary alicyclic amines) is 1. The van der Waals surface area contributed by atoms with Crippen LogP contribution in [-0.4, -0.2) is 83.0 Å². The Bertz CT molecular complexity index is 913. The van der Waals surface area contributed by atoms with Crippen LogP contribution in [-0.2, 0) is 9.59 Å². The maximum Gasteiger partial charge on any atom is 0.319 e. The molecule has 2 N–H and O–H groups in total. The van der Waals surface area contributed by atoms with Crippen molar-refractivity contribution in [1.29, 1.82) is 0 Å². The maximum atomic E-state index is 12.7. The van der Waals surface area contributed by atoms with Crippen LogP contribution < -0.4 is 10.6 Å². The number of halogens is 1. The Hall–Kier alpha value is -2.94. The number of carbonyl (C=O) groups excluding carboxylic acids is 3. The number of amides is 4. The number of benzene rings is 1. The van der Waals surface area contributed by atoms with Crippen molar-refractivity contribution in [3.63, 3.8) is 0 Å². The number of rotatable bonds is 5. The van der Waals surface area contributed by atoms with Gasteiger partial charge in [-0.15, -0.1) is 0 Å². The first-order chi connectivity index (χ1) is 15.3. The van der Waals surface area contributed by atoms with Gasteiger partial charge >= 0.3 is 6.03 Å². The summed E-state index contributed by atoms with van der Waals surface area (Å²) < 4.78 is 0. The number of carbonyl (C=O) groups is 3. The largest absolute Gasteiger partial charge is 0.361 e. The van der Waals surface area contributed by atoms with E-state index in [9.17, 15) is 14.4 Å². The van der Waals surface area contributed by atoms with Gasteiger partial charge in [-0.05, 0) is 44.0 Å². The number of nitrogens with one attached hydrogen (secondary N) is 2. The van der Waals surface area contributed by atoms with Crippen LogP contribution in [0.4, 0.5) is 10.5 Å². The van der Waals surface area contributed by atoms with Gasteiger partial charge < -0.3 is 30.2 Å². The molecule has 0 bridgehead atoms. The number of urea groups is 1. The summed E-state index contributed by atoms with van der Waals surface area (Å²) in [5.41, 5.74) is 1.40. The average Bonchev–Trinajstić information content (AvgIpc) is 3.26. The highest BCUT2D eigenvalue weighted by atomic mass is 35.5. The summed E-state index contributed by atoms with van der Waals surface area (Å²) in [4.78, 5) is 45.4.